The number of carbonyl (C=O) groups is 2. The molecule has 0 aliphatic rings. The van der Waals surface area contributed by atoms with Crippen LogP contribution in [-0.2, 0) is 6.61 Å². The number of benzene rings is 4. The van der Waals surface area contributed by atoms with Crippen LogP contribution in [0.15, 0.2) is 103 Å². The van der Waals surface area contributed by atoms with Gasteiger partial charge in [-0.1, -0.05) is 77.8 Å². The summed E-state index contributed by atoms with van der Waals surface area (Å²) in [6.07, 6.45) is -0.840. The van der Waals surface area contributed by atoms with Crippen molar-refractivity contribution in [3.63, 3.8) is 0 Å². The maximum atomic E-state index is 13.0. The fourth-order valence-corrected chi connectivity index (χ4v) is 3.80. The van der Waals surface area contributed by atoms with Gasteiger partial charge in [-0.25, -0.2) is 0 Å². The van der Waals surface area contributed by atoms with E-state index >= 15 is 0 Å². The minimum Gasteiger partial charge on any atom is -0.489 e. The van der Waals surface area contributed by atoms with Gasteiger partial charge < -0.3 is 15.4 Å². The van der Waals surface area contributed by atoms with Crippen LogP contribution < -0.4 is 15.4 Å². The van der Waals surface area contributed by atoms with Crippen LogP contribution >= 0.6 is 23.2 Å². The van der Waals surface area contributed by atoms with Gasteiger partial charge in [0.25, 0.3) is 11.8 Å². The minimum absolute atomic E-state index is 0.371. The molecule has 2 N–H and O–H groups in total. The summed E-state index contributed by atoms with van der Waals surface area (Å²) in [5.74, 6) is -0.177. The third-order valence-electron chi connectivity index (χ3n) is 5.16. The molecule has 176 valence electrons. The average Bonchev–Trinajstić information content (AvgIpc) is 2.88. The predicted octanol–water partition coefficient (Wildman–Crippen LogP) is 6.43. The van der Waals surface area contributed by atoms with Gasteiger partial charge in [0.15, 0.2) is 0 Å². The molecule has 0 spiro atoms. The molecule has 7 heteroatoms. The average molecular weight is 505 g/mol. The highest BCUT2D eigenvalue weighted by atomic mass is 35.5. The first kappa shape index (κ1) is 24.3. The number of amides is 2. The van der Waals surface area contributed by atoms with Crippen LogP contribution in [0, 0.1) is 0 Å². The molecule has 5 nitrogen and oxygen atoms in total. The summed E-state index contributed by atoms with van der Waals surface area (Å²) in [5, 5.41) is 6.63. The Hall–Kier alpha value is -3.80. The number of rotatable bonds is 8. The molecular formula is C28H22Cl2N2O3. The maximum absolute atomic E-state index is 13.0. The van der Waals surface area contributed by atoms with Crippen molar-refractivity contribution in [2.75, 3.05) is 0 Å². The third-order valence-corrected chi connectivity index (χ3v) is 5.63. The Balaban J connectivity index is 1.57. The van der Waals surface area contributed by atoms with Crippen molar-refractivity contribution >= 4 is 35.0 Å². The fraction of sp³-hybridized carbons (Fsp3) is 0.0714. The van der Waals surface area contributed by atoms with Crippen molar-refractivity contribution < 1.29 is 14.3 Å². The molecule has 4 rings (SSSR count). The van der Waals surface area contributed by atoms with E-state index in [0.717, 1.165) is 5.56 Å². The van der Waals surface area contributed by atoms with E-state index in [4.69, 9.17) is 27.9 Å². The molecule has 0 aliphatic heterocycles. The van der Waals surface area contributed by atoms with Crippen molar-refractivity contribution in [2.24, 2.45) is 0 Å². The number of nitrogens with one attached hydrogen (secondary N) is 2. The Morgan fingerprint density at radius 1 is 0.686 bits per heavy atom. The largest absolute Gasteiger partial charge is 0.489 e. The van der Waals surface area contributed by atoms with E-state index in [0.29, 0.717) is 39.1 Å². The van der Waals surface area contributed by atoms with Gasteiger partial charge in [0, 0.05) is 21.2 Å². The van der Waals surface area contributed by atoms with Gasteiger partial charge in [0.1, 0.15) is 18.5 Å². The molecule has 2 amide bonds. The monoisotopic (exact) mass is 504 g/mol. The molecule has 0 saturated carbocycles. The first-order valence-electron chi connectivity index (χ1n) is 10.9. The van der Waals surface area contributed by atoms with E-state index in [1.54, 1.807) is 66.7 Å². The normalized spacial score (nSPS) is 10.6. The molecule has 4 aromatic carbocycles. The van der Waals surface area contributed by atoms with E-state index < -0.39 is 6.17 Å². The first-order chi connectivity index (χ1) is 17.0. The van der Waals surface area contributed by atoms with Crippen molar-refractivity contribution in [1.29, 1.82) is 0 Å². The van der Waals surface area contributed by atoms with E-state index in [9.17, 15) is 9.59 Å². The number of hydrogen-bond donors (Lipinski definition) is 2. The third kappa shape index (κ3) is 6.85. The number of ether oxygens (including phenoxy) is 1. The lowest BCUT2D eigenvalue weighted by Gasteiger charge is -2.22. The molecule has 0 unspecified atom stereocenters. The molecule has 0 aliphatic carbocycles. The minimum atomic E-state index is -0.840. The second kappa shape index (κ2) is 11.6. The van der Waals surface area contributed by atoms with Crippen LogP contribution in [0.25, 0.3) is 0 Å². The van der Waals surface area contributed by atoms with Crippen LogP contribution in [0.1, 0.15) is 38.0 Å². The van der Waals surface area contributed by atoms with Crippen LogP contribution in [0.2, 0.25) is 10.0 Å². The summed E-state index contributed by atoms with van der Waals surface area (Å²) in [6, 6.07) is 30.2. The zero-order valence-electron chi connectivity index (χ0n) is 18.6. The fourth-order valence-electron chi connectivity index (χ4n) is 3.42. The van der Waals surface area contributed by atoms with Gasteiger partial charge in [0.2, 0.25) is 0 Å². The smallest absolute Gasteiger partial charge is 0.253 e. The van der Waals surface area contributed by atoms with Crippen LogP contribution in [0.5, 0.6) is 5.75 Å². The van der Waals surface area contributed by atoms with Crippen LogP contribution in [-0.4, -0.2) is 11.8 Å². The van der Waals surface area contributed by atoms with E-state index in [1.807, 2.05) is 36.4 Å². The summed E-state index contributed by atoms with van der Waals surface area (Å²) in [6.45, 7) is 0.388. The summed E-state index contributed by atoms with van der Waals surface area (Å²) in [7, 11) is 0. The lowest BCUT2D eigenvalue weighted by molar-refractivity contribution is 0.0883. The number of halogens is 2. The van der Waals surface area contributed by atoms with Crippen molar-refractivity contribution in [3.05, 3.63) is 135 Å². The first-order valence-corrected chi connectivity index (χ1v) is 11.6. The molecular weight excluding hydrogens is 483 g/mol. The van der Waals surface area contributed by atoms with Crippen LogP contribution in [0.4, 0.5) is 0 Å². The highest BCUT2D eigenvalue weighted by molar-refractivity contribution is 6.31. The molecule has 4 aromatic rings. The molecule has 35 heavy (non-hydrogen) atoms. The van der Waals surface area contributed by atoms with E-state index in [1.165, 1.54) is 0 Å². The Morgan fingerprint density at radius 3 is 1.83 bits per heavy atom. The van der Waals surface area contributed by atoms with E-state index in [2.05, 4.69) is 10.6 Å². The Labute approximate surface area is 213 Å². The standard InChI is InChI=1S/C28H22Cl2N2O3/c29-23-12-4-10-21(15-23)27(33)31-26(32-28(34)22-11-5-13-24(30)16-22)20-9-6-14-25(17-20)35-18-19-7-2-1-3-8-19/h1-17,26H,18H2,(H,31,33)(H,32,34). The molecule has 0 atom stereocenters. The second-order valence-corrected chi connectivity index (χ2v) is 8.62. The summed E-state index contributed by atoms with van der Waals surface area (Å²) in [4.78, 5) is 25.9. The maximum Gasteiger partial charge on any atom is 0.253 e. The summed E-state index contributed by atoms with van der Waals surface area (Å²) >= 11 is 12.1. The molecule has 0 bridgehead atoms. The summed E-state index contributed by atoms with van der Waals surface area (Å²) < 4.78 is 5.93. The van der Waals surface area contributed by atoms with E-state index in [-0.39, 0.29) is 11.8 Å². The molecule has 0 saturated heterocycles. The Kier molecular flexibility index (Phi) is 8.03. The quantitative estimate of drug-likeness (QED) is 0.271. The Morgan fingerprint density at radius 2 is 1.26 bits per heavy atom. The topological polar surface area (TPSA) is 67.4 Å². The van der Waals surface area contributed by atoms with Crippen molar-refractivity contribution in [2.45, 2.75) is 12.8 Å². The highest BCUT2D eigenvalue weighted by Crippen LogP contribution is 2.21. The van der Waals surface area contributed by atoms with Gasteiger partial charge in [0.05, 0.1) is 0 Å². The van der Waals surface area contributed by atoms with Crippen molar-refractivity contribution in [1.82, 2.24) is 10.6 Å². The molecule has 0 aromatic heterocycles. The van der Waals surface area contributed by atoms with Crippen LogP contribution in [0.3, 0.4) is 0 Å². The lowest BCUT2D eigenvalue weighted by Crippen LogP contribution is -2.41. The SMILES string of the molecule is O=C(NC(NC(=O)c1cccc(Cl)c1)c1cccc(OCc2ccccc2)c1)c1cccc(Cl)c1. The van der Waals surface area contributed by atoms with Gasteiger partial charge in [-0.2, -0.15) is 0 Å². The van der Waals surface area contributed by atoms with Gasteiger partial charge in [-0.3, -0.25) is 9.59 Å². The zero-order valence-corrected chi connectivity index (χ0v) is 20.1. The second-order valence-electron chi connectivity index (χ2n) is 7.75. The predicted molar refractivity (Wildman–Crippen MR) is 138 cm³/mol. The van der Waals surface area contributed by atoms with Gasteiger partial charge in [-0.15, -0.1) is 0 Å². The lowest BCUT2D eigenvalue weighted by atomic mass is 10.1. The zero-order chi connectivity index (χ0) is 24.6. The molecule has 0 heterocycles. The summed E-state index contributed by atoms with van der Waals surface area (Å²) in [5.41, 5.74) is 2.41. The number of hydrogen-bond acceptors (Lipinski definition) is 3. The van der Waals surface area contributed by atoms with Gasteiger partial charge in [-0.05, 0) is 59.7 Å². The number of carbonyl (C=O) groups excluding carboxylic acids is 2. The molecule has 0 radical (unpaired) electrons. The highest BCUT2D eigenvalue weighted by Gasteiger charge is 2.20. The molecule has 0 fully saturated rings. The Bertz CT molecular complexity index is 1270. The van der Waals surface area contributed by atoms with Gasteiger partial charge >= 0.3 is 0 Å². The van der Waals surface area contributed by atoms with Crippen molar-refractivity contribution in [3.8, 4) is 5.75 Å².